The van der Waals surface area contributed by atoms with E-state index in [0.717, 1.165) is 36.8 Å². The molecule has 2 aromatic carbocycles. The van der Waals surface area contributed by atoms with Gasteiger partial charge in [-0.25, -0.2) is 4.79 Å². The second-order valence-electron chi connectivity index (χ2n) is 11.8. The molecule has 0 unspecified atom stereocenters. The lowest BCUT2D eigenvalue weighted by molar-refractivity contribution is -0.147. The second-order valence-corrected chi connectivity index (χ2v) is 12.2. The number of cyclic esters (lactones) is 1. The van der Waals surface area contributed by atoms with Crippen molar-refractivity contribution in [2.45, 2.75) is 79.4 Å². The summed E-state index contributed by atoms with van der Waals surface area (Å²) in [7, 11) is 1.44. The molecule has 1 aliphatic heterocycles. The highest BCUT2D eigenvalue weighted by molar-refractivity contribution is 6.33. The molecule has 2 aromatic rings. The minimum Gasteiger partial charge on any atom is -0.495 e. The minimum atomic E-state index is -0.839. The summed E-state index contributed by atoms with van der Waals surface area (Å²) in [4.78, 5) is 27.0. The van der Waals surface area contributed by atoms with Gasteiger partial charge in [0, 0.05) is 11.1 Å². The van der Waals surface area contributed by atoms with Crippen LogP contribution in [0.4, 0.5) is 0 Å². The topological polar surface area (TPSA) is 91.3 Å². The van der Waals surface area contributed by atoms with Crippen LogP contribution >= 0.6 is 11.6 Å². The van der Waals surface area contributed by atoms with E-state index in [1.165, 1.54) is 7.11 Å². The van der Waals surface area contributed by atoms with Gasteiger partial charge in [-0.05, 0) is 93.9 Å². The number of carbonyl (C=O) groups excluding carboxylic acids is 2. The van der Waals surface area contributed by atoms with Crippen LogP contribution in [0.15, 0.2) is 12.1 Å². The molecule has 0 amide bonds. The Morgan fingerprint density at radius 3 is 2.36 bits per heavy atom. The van der Waals surface area contributed by atoms with Crippen molar-refractivity contribution in [3.63, 3.8) is 0 Å². The zero-order chi connectivity index (χ0) is 28.2. The molecule has 2 aliphatic carbocycles. The highest BCUT2D eigenvalue weighted by Gasteiger charge is 2.57. The van der Waals surface area contributed by atoms with Gasteiger partial charge in [-0.1, -0.05) is 25.4 Å². The summed E-state index contributed by atoms with van der Waals surface area (Å²) in [5.74, 6) is 0.633. The van der Waals surface area contributed by atoms with Crippen molar-refractivity contribution < 1.29 is 33.6 Å². The summed E-state index contributed by atoms with van der Waals surface area (Å²) in [6.45, 7) is 9.63. The largest absolute Gasteiger partial charge is 0.495 e. The van der Waals surface area contributed by atoms with Crippen LogP contribution in [0.2, 0.25) is 5.02 Å². The number of aliphatic hydroxyl groups is 1. The third-order valence-corrected chi connectivity index (χ3v) is 9.71. The van der Waals surface area contributed by atoms with Crippen LogP contribution in [0.1, 0.15) is 91.6 Å². The lowest BCUT2D eigenvalue weighted by atomic mass is 9.80. The number of methoxy groups -OCH3 is 1. The van der Waals surface area contributed by atoms with Gasteiger partial charge in [-0.2, -0.15) is 0 Å². The van der Waals surface area contributed by atoms with Crippen LogP contribution in [-0.2, 0) is 16.1 Å². The predicted octanol–water partition coefficient (Wildman–Crippen LogP) is 7.24. The van der Waals surface area contributed by atoms with Gasteiger partial charge in [-0.15, -0.1) is 0 Å². The molecule has 210 valence electrons. The van der Waals surface area contributed by atoms with Gasteiger partial charge in [0.25, 0.3) is 0 Å². The van der Waals surface area contributed by atoms with E-state index in [0.29, 0.717) is 29.4 Å². The Morgan fingerprint density at radius 1 is 1.13 bits per heavy atom. The number of esters is 2. The minimum absolute atomic E-state index is 0.0656. The number of ether oxygens (including phenoxy) is 4. The quantitative estimate of drug-likeness (QED) is 0.296. The summed E-state index contributed by atoms with van der Waals surface area (Å²) in [5, 5.41) is 11.1. The Kier molecular flexibility index (Phi) is 7.36. The predicted molar refractivity (Wildman–Crippen MR) is 147 cm³/mol. The van der Waals surface area contributed by atoms with E-state index in [1.807, 2.05) is 34.6 Å². The Morgan fingerprint density at radius 2 is 1.77 bits per heavy atom. The van der Waals surface area contributed by atoms with Gasteiger partial charge in [0.15, 0.2) is 11.5 Å². The Bertz CT molecular complexity index is 1310. The molecule has 1 atom stereocenters. The fourth-order valence-electron chi connectivity index (χ4n) is 6.74. The fraction of sp³-hybridized carbons (Fsp3) is 0.548. The number of carbonyl (C=O) groups is 2. The van der Waals surface area contributed by atoms with Gasteiger partial charge in [0.1, 0.15) is 23.7 Å². The molecule has 8 heteroatoms. The van der Waals surface area contributed by atoms with Crippen molar-refractivity contribution in [3.8, 4) is 23.0 Å². The van der Waals surface area contributed by atoms with E-state index in [-0.39, 0.29) is 52.1 Å². The number of hydrogen-bond acceptors (Lipinski definition) is 7. The van der Waals surface area contributed by atoms with Gasteiger partial charge in [0.2, 0.25) is 0 Å². The monoisotopic (exact) mass is 556 g/mol. The van der Waals surface area contributed by atoms with Crippen molar-refractivity contribution in [2.75, 3.05) is 7.11 Å². The van der Waals surface area contributed by atoms with Crippen LogP contribution in [-0.4, -0.2) is 24.2 Å². The summed E-state index contributed by atoms with van der Waals surface area (Å²) in [5.41, 5.74) is 2.07. The SMILES string of the molecule is COc1c([C@@H](O)CC(C)C)ccc2c1C(=O)OCc1c(C)c(C)c(Cl)c(OC(=O)C3(C)C4CCC3CC4)c1O2. The first-order valence-corrected chi connectivity index (χ1v) is 14.1. The molecular weight excluding hydrogens is 520 g/mol. The van der Waals surface area contributed by atoms with Crippen LogP contribution < -0.4 is 14.2 Å². The number of hydrogen-bond donors (Lipinski definition) is 1. The van der Waals surface area contributed by atoms with Gasteiger partial charge >= 0.3 is 11.9 Å². The molecule has 1 heterocycles. The Hall–Kier alpha value is -2.77. The van der Waals surface area contributed by atoms with Crippen molar-refractivity contribution in [1.82, 2.24) is 0 Å². The molecule has 0 radical (unpaired) electrons. The normalized spacial score (nSPS) is 24.3. The lowest BCUT2D eigenvalue weighted by Gasteiger charge is -2.29. The average Bonchev–Trinajstić information content (AvgIpc) is 3.40. The first kappa shape index (κ1) is 27.8. The maximum Gasteiger partial charge on any atom is 0.346 e. The molecular formula is C31H37ClO7. The molecule has 2 fully saturated rings. The highest BCUT2D eigenvalue weighted by Crippen LogP contribution is 2.59. The Labute approximate surface area is 234 Å². The molecule has 3 aliphatic rings. The number of rotatable bonds is 6. The zero-order valence-electron chi connectivity index (χ0n) is 23.5. The first-order chi connectivity index (χ1) is 18.5. The number of halogens is 1. The molecule has 5 rings (SSSR count). The average molecular weight is 557 g/mol. The maximum atomic E-state index is 13.7. The molecule has 0 aromatic heterocycles. The summed E-state index contributed by atoms with van der Waals surface area (Å²) in [6.07, 6.45) is 3.76. The van der Waals surface area contributed by atoms with Crippen molar-refractivity contribution in [2.24, 2.45) is 23.2 Å². The van der Waals surface area contributed by atoms with Crippen molar-refractivity contribution in [3.05, 3.63) is 45.0 Å². The summed E-state index contributed by atoms with van der Waals surface area (Å²) in [6, 6.07) is 3.30. The third-order valence-electron chi connectivity index (χ3n) is 9.25. The van der Waals surface area contributed by atoms with Crippen molar-refractivity contribution >= 4 is 23.5 Å². The standard InChI is InChI=1S/C31H37ClO7/c1-15(2)13-22(33)20-11-12-23-24(26(20)36-6)29(34)37-14-21-16(3)17(4)25(32)28(27(21)38-23)39-30(35)31(5)18-7-8-19(31)10-9-18/h11-12,15,18-19,22,33H,7-10,13-14H2,1-6H3/t18?,19?,22-,31?/m0/s1. The van der Waals surface area contributed by atoms with E-state index in [2.05, 4.69) is 0 Å². The van der Waals surface area contributed by atoms with Crippen LogP contribution in [0.3, 0.4) is 0 Å². The molecule has 39 heavy (non-hydrogen) atoms. The number of benzene rings is 2. The molecule has 2 saturated carbocycles. The van der Waals surface area contributed by atoms with E-state index < -0.39 is 17.5 Å². The summed E-state index contributed by atoms with van der Waals surface area (Å²) < 4.78 is 23.9. The highest BCUT2D eigenvalue weighted by atomic mass is 35.5. The van der Waals surface area contributed by atoms with E-state index in [1.54, 1.807) is 12.1 Å². The Balaban J connectivity index is 1.61. The zero-order valence-corrected chi connectivity index (χ0v) is 24.2. The van der Waals surface area contributed by atoms with E-state index in [4.69, 9.17) is 30.5 Å². The van der Waals surface area contributed by atoms with Gasteiger partial charge in [0.05, 0.1) is 23.7 Å². The lowest BCUT2D eigenvalue weighted by Crippen LogP contribution is -2.36. The number of fused-ring (bicyclic) bond motifs is 4. The molecule has 2 bridgehead atoms. The van der Waals surface area contributed by atoms with Crippen LogP contribution in [0, 0.1) is 37.0 Å². The number of aliphatic hydroxyl groups excluding tert-OH is 1. The second kappa shape index (κ2) is 10.3. The van der Waals surface area contributed by atoms with Crippen molar-refractivity contribution in [1.29, 1.82) is 0 Å². The third kappa shape index (κ3) is 4.48. The van der Waals surface area contributed by atoms with Gasteiger partial charge in [-0.3, -0.25) is 4.79 Å². The molecule has 1 N–H and O–H groups in total. The van der Waals surface area contributed by atoms with Crippen LogP contribution in [0.25, 0.3) is 0 Å². The maximum absolute atomic E-state index is 13.7. The molecule has 0 saturated heterocycles. The van der Waals surface area contributed by atoms with E-state index in [9.17, 15) is 14.7 Å². The smallest absolute Gasteiger partial charge is 0.346 e. The fourth-order valence-corrected chi connectivity index (χ4v) is 7.00. The van der Waals surface area contributed by atoms with Gasteiger partial charge < -0.3 is 24.1 Å². The molecule has 0 spiro atoms. The summed E-state index contributed by atoms with van der Waals surface area (Å²) >= 11 is 6.82. The first-order valence-electron chi connectivity index (χ1n) is 13.8. The van der Waals surface area contributed by atoms with E-state index >= 15 is 0 Å². The molecule has 7 nitrogen and oxygen atoms in total. The van der Waals surface area contributed by atoms with Crippen LogP contribution in [0.5, 0.6) is 23.0 Å².